The van der Waals surface area contributed by atoms with Gasteiger partial charge in [-0.2, -0.15) is 0 Å². The van der Waals surface area contributed by atoms with Gasteiger partial charge in [0, 0.05) is 19.6 Å². The molecule has 1 aliphatic rings. The number of likely N-dealkylation sites (N-methyl/N-ethyl adjacent to an activating group) is 1. The predicted octanol–water partition coefficient (Wildman–Crippen LogP) is 0.443. The largest absolute Gasteiger partial charge is 0.480 e. The van der Waals surface area contributed by atoms with Crippen LogP contribution in [0.2, 0.25) is 0 Å². The molecule has 0 aromatic rings. The van der Waals surface area contributed by atoms with Crippen molar-refractivity contribution in [2.45, 2.75) is 25.8 Å². The van der Waals surface area contributed by atoms with Crippen LogP contribution in [0.4, 0.5) is 4.79 Å². The minimum Gasteiger partial charge on any atom is -0.480 e. The van der Waals surface area contributed by atoms with Crippen LogP contribution in [0.1, 0.15) is 19.8 Å². The Labute approximate surface area is 108 Å². The molecule has 0 radical (unpaired) electrons. The molecule has 0 spiro atoms. The molecule has 0 saturated carbocycles. The Kier molecular flexibility index (Phi) is 5.40. The summed E-state index contributed by atoms with van der Waals surface area (Å²) in [5.74, 6) is -0.902. The van der Waals surface area contributed by atoms with Crippen LogP contribution < -0.4 is 5.32 Å². The number of likely N-dealkylation sites (tertiary alicyclic amines) is 1. The molecule has 1 aliphatic heterocycles. The zero-order valence-electron chi connectivity index (χ0n) is 11.3. The lowest BCUT2D eigenvalue weighted by atomic mass is 9.91. The Morgan fingerprint density at radius 2 is 2.11 bits per heavy atom. The maximum atomic E-state index is 12.0. The third-order valence-corrected chi connectivity index (χ3v) is 3.28. The maximum Gasteiger partial charge on any atom is 0.326 e. The second kappa shape index (κ2) is 6.58. The van der Waals surface area contributed by atoms with Crippen molar-refractivity contribution in [2.75, 3.05) is 33.7 Å². The van der Waals surface area contributed by atoms with E-state index in [2.05, 4.69) is 5.32 Å². The standard InChI is InChI=1S/C12H23N3O3/c1-9-5-4-7-15(10(9)11(16)17)12(18)13-6-8-14(2)3/h9-10H,4-8H2,1-3H3,(H,13,18)(H,16,17). The van der Waals surface area contributed by atoms with E-state index in [1.54, 1.807) is 0 Å². The summed E-state index contributed by atoms with van der Waals surface area (Å²) in [4.78, 5) is 26.6. The first-order chi connectivity index (χ1) is 8.43. The summed E-state index contributed by atoms with van der Waals surface area (Å²) in [6.07, 6.45) is 1.73. The van der Waals surface area contributed by atoms with Gasteiger partial charge in [0.05, 0.1) is 0 Å². The first-order valence-electron chi connectivity index (χ1n) is 6.35. The van der Waals surface area contributed by atoms with Crippen molar-refractivity contribution < 1.29 is 14.7 Å². The lowest BCUT2D eigenvalue weighted by molar-refractivity contribution is -0.145. The van der Waals surface area contributed by atoms with Crippen LogP contribution in [0.15, 0.2) is 0 Å². The molecule has 0 aromatic carbocycles. The van der Waals surface area contributed by atoms with Crippen LogP contribution in [-0.2, 0) is 4.79 Å². The number of carboxylic acids is 1. The van der Waals surface area contributed by atoms with E-state index in [4.69, 9.17) is 0 Å². The van der Waals surface area contributed by atoms with E-state index in [9.17, 15) is 14.7 Å². The van der Waals surface area contributed by atoms with Crippen LogP contribution in [-0.4, -0.2) is 66.7 Å². The number of hydrogen-bond donors (Lipinski definition) is 2. The summed E-state index contributed by atoms with van der Waals surface area (Å²) < 4.78 is 0. The highest BCUT2D eigenvalue weighted by Gasteiger charge is 2.36. The number of hydrogen-bond acceptors (Lipinski definition) is 3. The van der Waals surface area contributed by atoms with Gasteiger partial charge >= 0.3 is 12.0 Å². The Morgan fingerprint density at radius 1 is 1.44 bits per heavy atom. The molecule has 0 aliphatic carbocycles. The molecule has 104 valence electrons. The quantitative estimate of drug-likeness (QED) is 0.766. The predicted molar refractivity (Wildman–Crippen MR) is 68.5 cm³/mol. The molecule has 18 heavy (non-hydrogen) atoms. The number of carbonyl (C=O) groups is 2. The topological polar surface area (TPSA) is 72.9 Å². The molecule has 2 unspecified atom stereocenters. The van der Waals surface area contributed by atoms with Crippen LogP contribution in [0.3, 0.4) is 0 Å². The molecular weight excluding hydrogens is 234 g/mol. The molecule has 2 atom stereocenters. The molecule has 1 fully saturated rings. The number of carboxylic acid groups (broad SMARTS) is 1. The van der Waals surface area contributed by atoms with Crippen molar-refractivity contribution >= 4 is 12.0 Å². The summed E-state index contributed by atoms with van der Waals surface area (Å²) >= 11 is 0. The Bertz CT molecular complexity index is 307. The lowest BCUT2D eigenvalue weighted by Crippen LogP contribution is -2.55. The fourth-order valence-electron chi connectivity index (χ4n) is 2.28. The minimum absolute atomic E-state index is 0.0100. The van der Waals surface area contributed by atoms with Gasteiger partial charge in [-0.3, -0.25) is 0 Å². The second-order valence-corrected chi connectivity index (χ2v) is 5.13. The third kappa shape index (κ3) is 3.87. The number of urea groups is 1. The van der Waals surface area contributed by atoms with Crippen molar-refractivity contribution in [1.82, 2.24) is 15.1 Å². The van der Waals surface area contributed by atoms with Crippen LogP contribution in [0, 0.1) is 5.92 Å². The van der Waals surface area contributed by atoms with Gasteiger partial charge in [0.25, 0.3) is 0 Å². The third-order valence-electron chi connectivity index (χ3n) is 3.28. The number of amides is 2. The molecular formula is C12H23N3O3. The number of rotatable bonds is 4. The smallest absolute Gasteiger partial charge is 0.326 e. The summed E-state index contributed by atoms with van der Waals surface area (Å²) in [5.41, 5.74) is 0. The highest BCUT2D eigenvalue weighted by molar-refractivity contribution is 5.83. The van der Waals surface area contributed by atoms with Gasteiger partial charge in [-0.25, -0.2) is 9.59 Å². The van der Waals surface area contributed by atoms with E-state index in [0.717, 1.165) is 19.4 Å². The minimum atomic E-state index is -0.912. The van der Waals surface area contributed by atoms with Gasteiger partial charge in [0.1, 0.15) is 6.04 Å². The van der Waals surface area contributed by atoms with Crippen molar-refractivity contribution in [3.05, 3.63) is 0 Å². The molecule has 2 amide bonds. The van der Waals surface area contributed by atoms with Crippen LogP contribution >= 0.6 is 0 Å². The van der Waals surface area contributed by atoms with Gasteiger partial charge < -0.3 is 20.2 Å². The second-order valence-electron chi connectivity index (χ2n) is 5.13. The fourth-order valence-corrected chi connectivity index (χ4v) is 2.28. The van der Waals surface area contributed by atoms with E-state index >= 15 is 0 Å². The van der Waals surface area contributed by atoms with Crippen molar-refractivity contribution in [3.63, 3.8) is 0 Å². The van der Waals surface area contributed by atoms with E-state index in [-0.39, 0.29) is 11.9 Å². The number of nitrogens with one attached hydrogen (secondary N) is 1. The Morgan fingerprint density at radius 3 is 2.67 bits per heavy atom. The van der Waals surface area contributed by atoms with Gasteiger partial charge in [0.2, 0.25) is 0 Å². The number of piperidine rings is 1. The van der Waals surface area contributed by atoms with Crippen LogP contribution in [0.25, 0.3) is 0 Å². The van der Waals surface area contributed by atoms with Crippen molar-refractivity contribution in [3.8, 4) is 0 Å². The summed E-state index contributed by atoms with van der Waals surface area (Å²) in [5, 5.41) is 12.0. The van der Waals surface area contributed by atoms with Gasteiger partial charge in [0.15, 0.2) is 0 Å². The molecule has 0 bridgehead atoms. The first-order valence-corrected chi connectivity index (χ1v) is 6.35. The Balaban J connectivity index is 2.55. The van der Waals surface area contributed by atoms with E-state index in [0.29, 0.717) is 13.1 Å². The fraction of sp³-hybridized carbons (Fsp3) is 0.833. The van der Waals surface area contributed by atoms with E-state index < -0.39 is 12.0 Å². The molecule has 1 rings (SSSR count). The zero-order valence-corrected chi connectivity index (χ0v) is 11.3. The first kappa shape index (κ1) is 14.8. The molecule has 2 N–H and O–H groups in total. The monoisotopic (exact) mass is 257 g/mol. The number of carbonyl (C=O) groups excluding carboxylic acids is 1. The Hall–Kier alpha value is -1.30. The van der Waals surface area contributed by atoms with E-state index in [1.807, 2.05) is 25.9 Å². The molecule has 6 heteroatoms. The SMILES string of the molecule is CC1CCCN(C(=O)NCCN(C)C)C1C(=O)O. The van der Waals surface area contributed by atoms with Crippen LogP contribution in [0.5, 0.6) is 0 Å². The summed E-state index contributed by atoms with van der Waals surface area (Å²) in [7, 11) is 3.85. The number of nitrogens with zero attached hydrogens (tertiary/aromatic N) is 2. The van der Waals surface area contributed by atoms with E-state index in [1.165, 1.54) is 4.90 Å². The zero-order chi connectivity index (χ0) is 13.7. The van der Waals surface area contributed by atoms with Gasteiger partial charge in [-0.15, -0.1) is 0 Å². The van der Waals surface area contributed by atoms with Gasteiger partial charge in [-0.05, 0) is 32.9 Å². The highest BCUT2D eigenvalue weighted by atomic mass is 16.4. The molecule has 6 nitrogen and oxygen atoms in total. The van der Waals surface area contributed by atoms with Crippen molar-refractivity contribution in [2.24, 2.45) is 5.92 Å². The molecule has 1 heterocycles. The summed E-state index contributed by atoms with van der Waals surface area (Å²) in [6, 6.07) is -0.964. The average molecular weight is 257 g/mol. The normalized spacial score (nSPS) is 24.1. The highest BCUT2D eigenvalue weighted by Crippen LogP contribution is 2.23. The molecule has 1 saturated heterocycles. The maximum absolute atomic E-state index is 12.0. The number of aliphatic carboxylic acids is 1. The summed E-state index contributed by atoms with van der Waals surface area (Å²) in [6.45, 7) is 3.68. The van der Waals surface area contributed by atoms with Gasteiger partial charge in [-0.1, -0.05) is 6.92 Å². The van der Waals surface area contributed by atoms with Crippen molar-refractivity contribution in [1.29, 1.82) is 0 Å². The average Bonchev–Trinajstić information content (AvgIpc) is 2.27. The lowest BCUT2D eigenvalue weighted by Gasteiger charge is -2.37. The molecule has 0 aromatic heterocycles.